The van der Waals surface area contributed by atoms with Crippen molar-refractivity contribution in [2.45, 2.75) is 78.6 Å². The Morgan fingerprint density at radius 2 is 0.907 bits per heavy atom. The van der Waals surface area contributed by atoms with Crippen molar-refractivity contribution in [3.63, 3.8) is 0 Å². The Bertz CT molecular complexity index is 5740. The third-order valence-corrected chi connectivity index (χ3v) is 21.8. The van der Waals surface area contributed by atoms with Gasteiger partial charge < -0.3 is 24.0 Å². The summed E-state index contributed by atoms with van der Waals surface area (Å²) in [5.41, 5.74) is 23.2. The van der Waals surface area contributed by atoms with Crippen LogP contribution in [-0.2, 0) is 16.2 Å². The molecule has 18 rings (SSSR count). The second-order valence-electron chi connectivity index (χ2n) is 29.7. The molecular weight excluding hydrogens is 1200 g/mol. The van der Waals surface area contributed by atoms with Gasteiger partial charge in [0.15, 0.2) is 0 Å². The number of nitrogens with zero attached hydrogens (tertiary/aromatic N) is 4. The van der Waals surface area contributed by atoms with Crippen molar-refractivity contribution in [2.24, 2.45) is 0 Å². The van der Waals surface area contributed by atoms with Crippen LogP contribution in [0, 0.1) is 0 Å². The molecule has 0 N–H and O–H groups in total. The average Bonchev–Trinajstić information content (AvgIpc) is 1.68. The predicted octanol–water partition coefficient (Wildman–Crippen LogP) is 24.3. The van der Waals surface area contributed by atoms with Crippen LogP contribution in [0.2, 0.25) is 0 Å². The lowest BCUT2D eigenvalue weighted by Gasteiger charge is -2.45. The van der Waals surface area contributed by atoms with Gasteiger partial charge in [0.25, 0.3) is 6.71 Å². The molecule has 0 atom stereocenters. The Morgan fingerprint density at radius 1 is 0.351 bits per heavy atom. The first-order valence-corrected chi connectivity index (χ1v) is 34.9. The molecule has 0 saturated carbocycles. The van der Waals surface area contributed by atoms with E-state index in [1.165, 1.54) is 91.6 Å². The molecule has 0 fully saturated rings. The van der Waals surface area contributed by atoms with E-state index in [9.17, 15) is 0 Å². The maximum absolute atomic E-state index is 6.72. The van der Waals surface area contributed by atoms with Gasteiger partial charge >= 0.3 is 0 Å². The highest BCUT2D eigenvalue weighted by Gasteiger charge is 2.47. The van der Waals surface area contributed by atoms with Crippen molar-refractivity contribution in [3.05, 3.63) is 296 Å². The van der Waals surface area contributed by atoms with Gasteiger partial charge in [-0.15, -0.1) is 11.3 Å². The zero-order valence-electron chi connectivity index (χ0n) is 56.2. The molecule has 468 valence electrons. The molecule has 0 unspecified atom stereocenters. The van der Waals surface area contributed by atoms with Crippen molar-refractivity contribution in [1.82, 2.24) is 0 Å². The molecule has 5 nitrogen and oxygen atoms in total. The van der Waals surface area contributed by atoms with Crippen molar-refractivity contribution in [1.29, 1.82) is 0 Å². The Morgan fingerprint density at radius 3 is 1.59 bits per heavy atom. The van der Waals surface area contributed by atoms with E-state index < -0.39 is 0 Å². The summed E-state index contributed by atoms with van der Waals surface area (Å²) in [5.74, 6) is 0. The van der Waals surface area contributed by atoms with Gasteiger partial charge in [0.1, 0.15) is 11.2 Å². The maximum Gasteiger partial charge on any atom is 0.264 e. The van der Waals surface area contributed by atoms with E-state index in [2.05, 4.69) is 361 Å². The Kier molecular flexibility index (Phi) is 13.2. The molecule has 0 bridgehead atoms. The van der Waals surface area contributed by atoms with E-state index in [1.54, 1.807) is 0 Å². The summed E-state index contributed by atoms with van der Waals surface area (Å²) >= 11 is 1.95. The second-order valence-corrected chi connectivity index (χ2v) is 30.8. The molecule has 0 amide bonds. The van der Waals surface area contributed by atoms with Crippen LogP contribution < -0.4 is 35.3 Å². The van der Waals surface area contributed by atoms with Gasteiger partial charge in [0.2, 0.25) is 0 Å². The zero-order valence-corrected chi connectivity index (χ0v) is 57.1. The molecule has 0 aliphatic carbocycles. The summed E-state index contributed by atoms with van der Waals surface area (Å²) in [5, 5.41) is 11.0. The molecule has 2 aromatic heterocycles. The standard InChI is InChI=1S/C90H73BN4OS/c1-88(2,3)59-39-43-65(44-40-59)94-77-54-67(92(62-25-13-10-14-26-62)63-27-15-11-16-28-63)55-78-85(77)91(87-86(94)72-52-61(90(7,8)9)42-50-81(72)97-87)73-48-45-66(93(64-29-17-12-18-30-64)75-32-22-34-80-84(75)70-31-19-20-33-79(70)96-80)53-76(73)95(78)74-49-41-60(89(4,5)6)51-71(74)68-46-37-58-36-35-56-23-21-24-57-38-47-69(68)83(58)82(56)57/h10-55H,1-9H3. The molecule has 7 heteroatoms. The lowest BCUT2D eigenvalue weighted by atomic mass is 9.36. The van der Waals surface area contributed by atoms with Gasteiger partial charge in [-0.2, -0.15) is 0 Å². The summed E-state index contributed by atoms with van der Waals surface area (Å²) in [7, 11) is 0. The number of benzene rings is 14. The third-order valence-electron chi connectivity index (χ3n) is 20.6. The van der Waals surface area contributed by atoms with Crippen molar-refractivity contribution in [2.75, 3.05) is 19.6 Å². The number of fused-ring (bicyclic) bond motifs is 9. The van der Waals surface area contributed by atoms with Gasteiger partial charge in [-0.1, -0.05) is 226 Å². The number of thiophene rings is 1. The molecule has 16 aromatic rings. The fraction of sp³-hybridized carbons (Fsp3) is 0.133. The largest absolute Gasteiger partial charge is 0.456 e. The highest BCUT2D eigenvalue weighted by Crippen LogP contribution is 2.55. The number of furan rings is 1. The van der Waals surface area contributed by atoms with Crippen LogP contribution in [0.1, 0.15) is 79.0 Å². The predicted molar refractivity (Wildman–Crippen MR) is 418 cm³/mol. The molecule has 4 heterocycles. The first kappa shape index (κ1) is 58.7. The molecule has 2 aliphatic rings. The Labute approximate surface area is 572 Å². The SMILES string of the molecule is CC(C)(C)c1ccc(N2c3cc(N(c4ccccc4)c4ccccc4)cc4c3B(c3ccc(N(c5ccccc5)c5cccc6oc7ccccc7c56)cc3N4c3ccc(C(C)(C)C)cc3-c3ccc4ccc5cccc6ccc3c4c56)c3sc4ccc(C(C)(C)C)cc4c32)cc1. The van der Waals surface area contributed by atoms with Crippen LogP contribution in [0.3, 0.4) is 0 Å². The number of para-hydroxylation sites is 4. The molecule has 14 aromatic carbocycles. The Balaban J connectivity index is 1.01. The summed E-state index contributed by atoms with van der Waals surface area (Å²) in [4.78, 5) is 10.3. The van der Waals surface area contributed by atoms with Gasteiger partial charge in [-0.05, 0) is 197 Å². The zero-order chi connectivity index (χ0) is 65.8. The van der Waals surface area contributed by atoms with E-state index in [0.29, 0.717) is 0 Å². The molecule has 0 radical (unpaired) electrons. The van der Waals surface area contributed by atoms with E-state index >= 15 is 0 Å². The molecule has 97 heavy (non-hydrogen) atoms. The first-order valence-electron chi connectivity index (χ1n) is 34.1. The van der Waals surface area contributed by atoms with E-state index in [0.717, 1.165) is 84.5 Å². The van der Waals surface area contributed by atoms with E-state index in [1.807, 2.05) is 11.3 Å². The van der Waals surface area contributed by atoms with Gasteiger partial charge in [-0.3, -0.25) is 0 Å². The highest BCUT2D eigenvalue weighted by molar-refractivity contribution is 7.33. The van der Waals surface area contributed by atoms with Crippen molar-refractivity contribution >= 4 is 166 Å². The topological polar surface area (TPSA) is 26.1 Å². The van der Waals surface area contributed by atoms with Crippen LogP contribution in [0.15, 0.2) is 283 Å². The Hall–Kier alpha value is -10.9. The van der Waals surface area contributed by atoms with E-state index in [-0.39, 0.29) is 23.0 Å². The molecule has 0 spiro atoms. The van der Waals surface area contributed by atoms with Crippen LogP contribution >= 0.6 is 11.3 Å². The number of hydrogen-bond donors (Lipinski definition) is 0. The normalized spacial score (nSPS) is 13.1. The number of hydrogen-bond acceptors (Lipinski definition) is 6. The number of anilines is 12. The molecule has 0 saturated heterocycles. The highest BCUT2D eigenvalue weighted by atomic mass is 32.1. The van der Waals surface area contributed by atoms with Crippen molar-refractivity contribution < 1.29 is 4.42 Å². The fourth-order valence-electron chi connectivity index (χ4n) is 15.8. The van der Waals surface area contributed by atoms with Gasteiger partial charge in [0, 0.05) is 71.3 Å². The van der Waals surface area contributed by atoms with Crippen LogP contribution in [-0.4, -0.2) is 6.71 Å². The van der Waals surface area contributed by atoms with Crippen LogP contribution in [0.5, 0.6) is 0 Å². The molecular formula is C90H73BN4OS. The first-order chi connectivity index (χ1) is 47.0. The fourth-order valence-corrected chi connectivity index (χ4v) is 17.1. The number of rotatable bonds is 9. The summed E-state index contributed by atoms with van der Waals surface area (Å²) in [6.45, 7) is 20.8. The van der Waals surface area contributed by atoms with Crippen molar-refractivity contribution in [3.8, 4) is 11.1 Å². The average molecular weight is 1270 g/mol. The van der Waals surface area contributed by atoms with Crippen LogP contribution in [0.25, 0.3) is 75.5 Å². The van der Waals surface area contributed by atoms with Gasteiger partial charge in [0.05, 0.1) is 28.1 Å². The van der Waals surface area contributed by atoms with Crippen LogP contribution in [0.4, 0.5) is 68.2 Å². The third kappa shape index (κ3) is 9.41. The van der Waals surface area contributed by atoms with E-state index in [4.69, 9.17) is 4.42 Å². The quantitative estimate of drug-likeness (QED) is 0.106. The minimum atomic E-state index is -0.185. The lowest BCUT2D eigenvalue weighted by Crippen LogP contribution is -2.60. The maximum atomic E-state index is 6.72. The minimum absolute atomic E-state index is 0.0503. The smallest absolute Gasteiger partial charge is 0.264 e. The lowest BCUT2D eigenvalue weighted by molar-refractivity contribution is 0.590. The second kappa shape index (κ2) is 21.8. The summed E-state index contributed by atoms with van der Waals surface area (Å²) < 4.78 is 9.31. The minimum Gasteiger partial charge on any atom is -0.456 e. The summed E-state index contributed by atoms with van der Waals surface area (Å²) in [6, 6.07) is 105. The summed E-state index contributed by atoms with van der Waals surface area (Å²) in [6.07, 6.45) is 0. The van der Waals surface area contributed by atoms with Gasteiger partial charge in [-0.25, -0.2) is 0 Å². The monoisotopic (exact) mass is 1270 g/mol. The molecule has 2 aliphatic heterocycles.